The van der Waals surface area contributed by atoms with Gasteiger partial charge in [-0.15, -0.1) is 12.4 Å². The Balaban J connectivity index is 0.00000180. The van der Waals surface area contributed by atoms with Gasteiger partial charge < -0.3 is 11.1 Å². The topological polar surface area (TPSA) is 55.1 Å². The summed E-state index contributed by atoms with van der Waals surface area (Å²) in [6.07, 6.45) is 9.76. The van der Waals surface area contributed by atoms with Crippen molar-refractivity contribution >= 4 is 18.3 Å². The first-order valence-corrected chi connectivity index (χ1v) is 7.68. The van der Waals surface area contributed by atoms with Crippen molar-refractivity contribution in [1.82, 2.24) is 5.32 Å². The van der Waals surface area contributed by atoms with Crippen molar-refractivity contribution in [2.24, 2.45) is 23.0 Å². The van der Waals surface area contributed by atoms with Gasteiger partial charge in [0.25, 0.3) is 0 Å². The lowest BCUT2D eigenvalue weighted by Crippen LogP contribution is -2.44. The van der Waals surface area contributed by atoms with E-state index in [2.05, 4.69) is 12.2 Å². The Labute approximate surface area is 123 Å². The van der Waals surface area contributed by atoms with Crippen LogP contribution in [0.2, 0.25) is 0 Å². The third-order valence-corrected chi connectivity index (χ3v) is 5.13. The number of rotatable bonds is 6. The number of nitrogens with two attached hydrogens (primary N) is 1. The SMILES string of the molecule is CCCC1(CNC(=O)[C@@H]2CCC[C@@H]2CN)CCC1.Cl. The average molecular weight is 289 g/mol. The van der Waals surface area contributed by atoms with Crippen LogP contribution in [-0.2, 0) is 4.79 Å². The molecule has 2 saturated carbocycles. The Morgan fingerprint density at radius 1 is 1.32 bits per heavy atom. The summed E-state index contributed by atoms with van der Waals surface area (Å²) in [5.74, 6) is 0.882. The number of hydrogen-bond acceptors (Lipinski definition) is 2. The van der Waals surface area contributed by atoms with Gasteiger partial charge in [0.1, 0.15) is 0 Å². The molecule has 0 unspecified atom stereocenters. The molecule has 0 aromatic rings. The fraction of sp³-hybridized carbons (Fsp3) is 0.933. The first-order chi connectivity index (χ1) is 8.71. The quantitative estimate of drug-likeness (QED) is 0.790. The molecule has 4 heteroatoms. The van der Waals surface area contributed by atoms with E-state index in [0.717, 1.165) is 19.4 Å². The highest BCUT2D eigenvalue weighted by atomic mass is 35.5. The van der Waals surface area contributed by atoms with E-state index >= 15 is 0 Å². The van der Waals surface area contributed by atoms with Gasteiger partial charge in [-0.1, -0.05) is 26.2 Å². The van der Waals surface area contributed by atoms with Crippen molar-refractivity contribution in [2.75, 3.05) is 13.1 Å². The molecule has 0 saturated heterocycles. The largest absolute Gasteiger partial charge is 0.355 e. The normalized spacial score (nSPS) is 28.3. The smallest absolute Gasteiger partial charge is 0.223 e. The third kappa shape index (κ3) is 3.85. The summed E-state index contributed by atoms with van der Waals surface area (Å²) < 4.78 is 0. The molecule has 0 bridgehead atoms. The van der Waals surface area contributed by atoms with E-state index in [1.165, 1.54) is 38.5 Å². The molecule has 0 heterocycles. The summed E-state index contributed by atoms with van der Waals surface area (Å²) in [5.41, 5.74) is 6.18. The molecule has 0 radical (unpaired) electrons. The van der Waals surface area contributed by atoms with E-state index in [-0.39, 0.29) is 24.2 Å². The predicted molar refractivity (Wildman–Crippen MR) is 81.3 cm³/mol. The van der Waals surface area contributed by atoms with Crippen molar-refractivity contribution in [3.05, 3.63) is 0 Å². The molecule has 2 aliphatic carbocycles. The Bertz CT molecular complexity index is 292. The van der Waals surface area contributed by atoms with Gasteiger partial charge in [-0.2, -0.15) is 0 Å². The van der Waals surface area contributed by atoms with Crippen LogP contribution in [0.5, 0.6) is 0 Å². The van der Waals surface area contributed by atoms with Crippen molar-refractivity contribution in [1.29, 1.82) is 0 Å². The number of carbonyl (C=O) groups is 1. The van der Waals surface area contributed by atoms with Crippen LogP contribution in [0.15, 0.2) is 0 Å². The predicted octanol–water partition coefficient (Wildman–Crippen LogP) is 2.87. The zero-order valence-electron chi connectivity index (χ0n) is 12.1. The summed E-state index contributed by atoms with van der Waals surface area (Å²) in [6, 6.07) is 0. The van der Waals surface area contributed by atoms with Gasteiger partial charge in [0, 0.05) is 12.5 Å². The average Bonchev–Trinajstić information content (AvgIpc) is 2.80. The van der Waals surface area contributed by atoms with Crippen molar-refractivity contribution < 1.29 is 4.79 Å². The monoisotopic (exact) mass is 288 g/mol. The Morgan fingerprint density at radius 3 is 2.58 bits per heavy atom. The highest BCUT2D eigenvalue weighted by molar-refractivity contribution is 5.85. The molecule has 0 aromatic carbocycles. The Hall–Kier alpha value is -0.280. The molecule has 3 N–H and O–H groups in total. The molecule has 3 nitrogen and oxygen atoms in total. The van der Waals surface area contributed by atoms with E-state index in [4.69, 9.17) is 5.73 Å². The minimum Gasteiger partial charge on any atom is -0.355 e. The maximum Gasteiger partial charge on any atom is 0.223 e. The van der Waals surface area contributed by atoms with Crippen LogP contribution in [0.3, 0.4) is 0 Å². The molecule has 2 rings (SSSR count). The highest BCUT2D eigenvalue weighted by Crippen LogP contribution is 2.44. The summed E-state index contributed by atoms with van der Waals surface area (Å²) >= 11 is 0. The standard InChI is InChI=1S/C15H28N2O.ClH/c1-2-7-15(8-4-9-15)11-17-14(18)13-6-3-5-12(13)10-16;/h12-13H,2-11,16H2,1H3,(H,17,18);1H/t12-,13-;/m1./s1. The van der Waals surface area contributed by atoms with Crippen LogP contribution in [0, 0.1) is 17.3 Å². The second-order valence-corrected chi connectivity index (χ2v) is 6.35. The maximum absolute atomic E-state index is 12.2. The molecule has 0 aromatic heterocycles. The molecular weight excluding hydrogens is 260 g/mol. The summed E-state index contributed by atoms with van der Waals surface area (Å²) in [7, 11) is 0. The molecule has 2 fully saturated rings. The summed E-state index contributed by atoms with van der Waals surface area (Å²) in [6.45, 7) is 3.80. The fourth-order valence-electron chi connectivity index (χ4n) is 3.79. The lowest BCUT2D eigenvalue weighted by molar-refractivity contribution is -0.126. The van der Waals surface area contributed by atoms with Crippen molar-refractivity contribution in [2.45, 2.75) is 58.3 Å². The number of nitrogens with one attached hydrogen (secondary N) is 1. The van der Waals surface area contributed by atoms with Crippen molar-refractivity contribution in [3.63, 3.8) is 0 Å². The molecule has 2 aliphatic rings. The van der Waals surface area contributed by atoms with E-state index in [1.807, 2.05) is 0 Å². The number of hydrogen-bond donors (Lipinski definition) is 2. The van der Waals surface area contributed by atoms with Crippen LogP contribution in [0.4, 0.5) is 0 Å². The lowest BCUT2D eigenvalue weighted by Gasteiger charge is -2.42. The molecule has 112 valence electrons. The third-order valence-electron chi connectivity index (χ3n) is 5.13. The summed E-state index contributed by atoms with van der Waals surface area (Å²) in [5, 5.41) is 3.22. The van der Waals surface area contributed by atoms with Crippen LogP contribution < -0.4 is 11.1 Å². The van der Waals surface area contributed by atoms with Gasteiger partial charge in [-0.3, -0.25) is 4.79 Å². The number of amides is 1. The molecule has 19 heavy (non-hydrogen) atoms. The van der Waals surface area contributed by atoms with E-state index in [0.29, 0.717) is 17.9 Å². The lowest BCUT2D eigenvalue weighted by atomic mass is 9.66. The van der Waals surface area contributed by atoms with E-state index < -0.39 is 0 Å². The Morgan fingerprint density at radius 2 is 2.05 bits per heavy atom. The van der Waals surface area contributed by atoms with Crippen LogP contribution in [-0.4, -0.2) is 19.0 Å². The molecule has 0 aliphatic heterocycles. The van der Waals surface area contributed by atoms with E-state index in [1.54, 1.807) is 0 Å². The van der Waals surface area contributed by atoms with Gasteiger partial charge in [-0.05, 0) is 50.0 Å². The van der Waals surface area contributed by atoms with Crippen LogP contribution in [0.25, 0.3) is 0 Å². The minimum atomic E-state index is 0. The van der Waals surface area contributed by atoms with Gasteiger partial charge in [0.05, 0.1) is 0 Å². The Kier molecular flexibility index (Phi) is 6.61. The molecule has 1 amide bonds. The number of carbonyl (C=O) groups excluding carboxylic acids is 1. The van der Waals surface area contributed by atoms with Gasteiger partial charge >= 0.3 is 0 Å². The molecular formula is C15H29ClN2O. The first-order valence-electron chi connectivity index (χ1n) is 7.68. The van der Waals surface area contributed by atoms with Crippen molar-refractivity contribution in [3.8, 4) is 0 Å². The van der Waals surface area contributed by atoms with Gasteiger partial charge in [-0.25, -0.2) is 0 Å². The molecule has 2 atom stereocenters. The summed E-state index contributed by atoms with van der Waals surface area (Å²) in [4.78, 5) is 12.2. The second kappa shape index (κ2) is 7.49. The van der Waals surface area contributed by atoms with Crippen LogP contribution >= 0.6 is 12.4 Å². The van der Waals surface area contributed by atoms with Gasteiger partial charge in [0.2, 0.25) is 5.91 Å². The van der Waals surface area contributed by atoms with Crippen LogP contribution in [0.1, 0.15) is 58.3 Å². The molecule has 0 spiro atoms. The zero-order valence-corrected chi connectivity index (χ0v) is 12.9. The maximum atomic E-state index is 12.2. The highest BCUT2D eigenvalue weighted by Gasteiger charge is 2.38. The minimum absolute atomic E-state index is 0. The van der Waals surface area contributed by atoms with E-state index in [9.17, 15) is 4.79 Å². The second-order valence-electron chi connectivity index (χ2n) is 6.35. The van der Waals surface area contributed by atoms with Gasteiger partial charge in [0.15, 0.2) is 0 Å². The fourth-order valence-corrected chi connectivity index (χ4v) is 3.79. The zero-order chi connectivity index (χ0) is 13.0. The number of halogens is 1. The first kappa shape index (κ1) is 16.8.